The van der Waals surface area contributed by atoms with Crippen molar-refractivity contribution in [3.8, 4) is 10.4 Å². The molecule has 2 heteroatoms. The van der Waals surface area contributed by atoms with Crippen molar-refractivity contribution in [2.45, 2.75) is 32.7 Å². The van der Waals surface area contributed by atoms with Crippen molar-refractivity contribution < 1.29 is 0 Å². The van der Waals surface area contributed by atoms with Gasteiger partial charge in [0.1, 0.15) is 0 Å². The first-order chi connectivity index (χ1) is 9.29. The number of thiophene rings is 1. The summed E-state index contributed by atoms with van der Waals surface area (Å²) in [5.74, 6) is 0.864. The molecule has 1 aliphatic rings. The topological polar surface area (TPSA) is 12.0 Å². The minimum Gasteiger partial charge on any atom is -0.309 e. The molecule has 1 saturated carbocycles. The van der Waals surface area contributed by atoms with Crippen molar-refractivity contribution in [3.05, 3.63) is 46.8 Å². The molecule has 1 nitrogen and oxygen atoms in total. The second kappa shape index (κ2) is 5.48. The molecule has 1 N–H and O–H groups in total. The second-order valence-corrected chi connectivity index (χ2v) is 6.51. The van der Waals surface area contributed by atoms with E-state index in [0.717, 1.165) is 12.5 Å². The van der Waals surface area contributed by atoms with Crippen LogP contribution in [0.1, 0.15) is 36.2 Å². The molecule has 1 aromatic carbocycles. The van der Waals surface area contributed by atoms with Crippen molar-refractivity contribution in [1.82, 2.24) is 5.32 Å². The molecule has 1 heterocycles. The van der Waals surface area contributed by atoms with Gasteiger partial charge in [-0.15, -0.1) is 11.3 Å². The molecule has 1 unspecified atom stereocenters. The molecule has 0 saturated heterocycles. The van der Waals surface area contributed by atoms with Gasteiger partial charge < -0.3 is 5.32 Å². The Morgan fingerprint density at radius 1 is 1.21 bits per heavy atom. The first-order valence-electron chi connectivity index (χ1n) is 7.18. The fourth-order valence-electron chi connectivity index (χ4n) is 2.66. The van der Waals surface area contributed by atoms with Crippen LogP contribution in [0.4, 0.5) is 0 Å². The Morgan fingerprint density at radius 2 is 2.00 bits per heavy atom. The van der Waals surface area contributed by atoms with Crippen LogP contribution in [0.25, 0.3) is 10.4 Å². The summed E-state index contributed by atoms with van der Waals surface area (Å²) < 4.78 is 0. The van der Waals surface area contributed by atoms with Gasteiger partial charge in [0, 0.05) is 15.8 Å². The monoisotopic (exact) mass is 271 g/mol. The maximum atomic E-state index is 3.65. The lowest BCUT2D eigenvalue weighted by Gasteiger charge is -2.15. The van der Waals surface area contributed by atoms with Crippen LogP contribution in [-0.4, -0.2) is 6.54 Å². The van der Waals surface area contributed by atoms with Gasteiger partial charge in [-0.3, -0.25) is 0 Å². The molecule has 0 aliphatic heterocycles. The molecule has 0 amide bonds. The number of aryl methyl sites for hydroxylation is 1. The van der Waals surface area contributed by atoms with Gasteiger partial charge in [-0.1, -0.05) is 31.2 Å². The van der Waals surface area contributed by atoms with E-state index in [1.807, 2.05) is 11.3 Å². The molecule has 0 bridgehead atoms. The van der Waals surface area contributed by atoms with Gasteiger partial charge >= 0.3 is 0 Å². The van der Waals surface area contributed by atoms with Crippen LogP contribution in [0.3, 0.4) is 0 Å². The first kappa shape index (κ1) is 12.9. The zero-order chi connectivity index (χ0) is 13.2. The van der Waals surface area contributed by atoms with Crippen molar-refractivity contribution in [2.24, 2.45) is 5.92 Å². The number of hydrogen-bond donors (Lipinski definition) is 1. The summed E-state index contributed by atoms with van der Waals surface area (Å²) in [6.45, 7) is 5.45. The molecule has 100 valence electrons. The normalized spacial score (nSPS) is 16.5. The number of benzene rings is 1. The first-order valence-corrected chi connectivity index (χ1v) is 8.00. The van der Waals surface area contributed by atoms with Crippen LogP contribution in [0.15, 0.2) is 36.4 Å². The molecule has 19 heavy (non-hydrogen) atoms. The Bertz CT molecular complexity index is 554. The van der Waals surface area contributed by atoms with Crippen molar-refractivity contribution >= 4 is 11.3 Å². The quantitative estimate of drug-likeness (QED) is 0.825. The fourth-order valence-corrected chi connectivity index (χ4v) is 3.93. The van der Waals surface area contributed by atoms with Crippen LogP contribution < -0.4 is 5.32 Å². The van der Waals surface area contributed by atoms with E-state index < -0.39 is 0 Å². The summed E-state index contributed by atoms with van der Waals surface area (Å²) in [6.07, 6.45) is 2.77. The maximum Gasteiger partial charge on any atom is 0.0443 e. The van der Waals surface area contributed by atoms with E-state index in [1.165, 1.54) is 33.7 Å². The molecule has 2 aromatic rings. The molecule has 1 aromatic heterocycles. The lowest BCUT2D eigenvalue weighted by molar-refractivity contribution is 0.504. The largest absolute Gasteiger partial charge is 0.309 e. The van der Waals surface area contributed by atoms with Crippen LogP contribution in [0.5, 0.6) is 0 Å². The molecular formula is C17H21NS. The number of hydrogen-bond acceptors (Lipinski definition) is 2. The molecule has 0 radical (unpaired) electrons. The standard InChI is InChI=1S/C17H21NS/c1-3-18-17(13-8-9-13)16-11-10-15(19-16)14-7-5-4-6-12(14)2/h4-7,10-11,13,17-18H,3,8-9H2,1-2H3. The van der Waals surface area contributed by atoms with Gasteiger partial charge in [0.15, 0.2) is 0 Å². The highest BCUT2D eigenvalue weighted by Gasteiger charge is 2.32. The van der Waals surface area contributed by atoms with Gasteiger partial charge in [-0.25, -0.2) is 0 Å². The molecular weight excluding hydrogens is 250 g/mol. The Hall–Kier alpha value is -1.12. The van der Waals surface area contributed by atoms with Crippen LogP contribution in [0.2, 0.25) is 0 Å². The number of rotatable bonds is 5. The average molecular weight is 271 g/mol. The van der Waals surface area contributed by atoms with E-state index in [-0.39, 0.29) is 0 Å². The summed E-state index contributed by atoms with van der Waals surface area (Å²) in [5, 5.41) is 3.65. The third-order valence-electron chi connectivity index (χ3n) is 3.86. The van der Waals surface area contributed by atoms with Crippen molar-refractivity contribution in [3.63, 3.8) is 0 Å². The van der Waals surface area contributed by atoms with Crippen molar-refractivity contribution in [1.29, 1.82) is 0 Å². The summed E-state index contributed by atoms with van der Waals surface area (Å²) >= 11 is 1.95. The van der Waals surface area contributed by atoms with Gasteiger partial charge in [0.05, 0.1) is 0 Å². The predicted molar refractivity (Wildman–Crippen MR) is 83.6 cm³/mol. The molecule has 1 aliphatic carbocycles. The van der Waals surface area contributed by atoms with Crippen LogP contribution in [-0.2, 0) is 0 Å². The summed E-state index contributed by atoms with van der Waals surface area (Å²) in [5.41, 5.74) is 2.74. The van der Waals surface area contributed by atoms with E-state index in [4.69, 9.17) is 0 Å². The lowest BCUT2D eigenvalue weighted by atomic mass is 10.1. The predicted octanol–water partition coefficient (Wildman–Crippen LogP) is 4.78. The maximum absolute atomic E-state index is 3.65. The summed E-state index contributed by atoms with van der Waals surface area (Å²) in [6, 6.07) is 13.8. The van der Waals surface area contributed by atoms with Crippen LogP contribution >= 0.6 is 11.3 Å². The summed E-state index contributed by atoms with van der Waals surface area (Å²) in [7, 11) is 0. The Balaban J connectivity index is 1.88. The highest BCUT2D eigenvalue weighted by atomic mass is 32.1. The molecule has 1 fully saturated rings. The number of nitrogens with one attached hydrogen (secondary N) is 1. The smallest absolute Gasteiger partial charge is 0.0443 e. The Labute approximate surface area is 119 Å². The van der Waals surface area contributed by atoms with Gasteiger partial charge in [0.2, 0.25) is 0 Å². The zero-order valence-corrected chi connectivity index (χ0v) is 12.5. The average Bonchev–Trinajstić information content (AvgIpc) is 3.14. The zero-order valence-electron chi connectivity index (χ0n) is 11.6. The van der Waals surface area contributed by atoms with E-state index in [9.17, 15) is 0 Å². The SMILES string of the molecule is CCNC(c1ccc(-c2ccccc2C)s1)C1CC1. The van der Waals surface area contributed by atoms with Crippen molar-refractivity contribution in [2.75, 3.05) is 6.54 Å². The van der Waals surface area contributed by atoms with Gasteiger partial charge in [0.25, 0.3) is 0 Å². The second-order valence-electron chi connectivity index (χ2n) is 5.39. The molecule has 1 atom stereocenters. The molecule has 0 spiro atoms. The Morgan fingerprint density at radius 3 is 2.68 bits per heavy atom. The lowest BCUT2D eigenvalue weighted by Crippen LogP contribution is -2.21. The van der Waals surface area contributed by atoms with Crippen LogP contribution in [0, 0.1) is 12.8 Å². The molecule has 3 rings (SSSR count). The van der Waals surface area contributed by atoms with E-state index in [2.05, 4.69) is 55.6 Å². The van der Waals surface area contributed by atoms with E-state index >= 15 is 0 Å². The summed E-state index contributed by atoms with van der Waals surface area (Å²) in [4.78, 5) is 2.90. The fraction of sp³-hybridized carbons (Fsp3) is 0.412. The highest BCUT2D eigenvalue weighted by Crippen LogP contribution is 2.44. The van der Waals surface area contributed by atoms with E-state index in [0.29, 0.717) is 6.04 Å². The third-order valence-corrected chi connectivity index (χ3v) is 5.06. The highest BCUT2D eigenvalue weighted by molar-refractivity contribution is 7.15. The Kier molecular flexibility index (Phi) is 3.72. The minimum absolute atomic E-state index is 0.577. The minimum atomic E-state index is 0.577. The third kappa shape index (κ3) is 2.75. The van der Waals surface area contributed by atoms with E-state index in [1.54, 1.807) is 0 Å². The van der Waals surface area contributed by atoms with Gasteiger partial charge in [-0.05, 0) is 55.5 Å². The van der Waals surface area contributed by atoms with Gasteiger partial charge in [-0.2, -0.15) is 0 Å².